The van der Waals surface area contributed by atoms with Crippen molar-refractivity contribution in [3.63, 3.8) is 0 Å². The minimum Gasteiger partial charge on any atom is -0.317 e. The van der Waals surface area contributed by atoms with Gasteiger partial charge < -0.3 is 5.32 Å². The molecule has 0 saturated carbocycles. The van der Waals surface area contributed by atoms with Gasteiger partial charge in [0.05, 0.1) is 0 Å². The zero-order chi connectivity index (χ0) is 7.11. The topological polar surface area (TPSA) is 12.0 Å². The quantitative estimate of drug-likeness (QED) is 0.530. The third kappa shape index (κ3) is 4.40. The first kappa shape index (κ1) is 8.89. The molecule has 0 radical (unpaired) electrons. The lowest BCUT2D eigenvalue weighted by molar-refractivity contribution is 0.262. The van der Waals surface area contributed by atoms with Crippen LogP contribution in [0.3, 0.4) is 0 Å². The summed E-state index contributed by atoms with van der Waals surface area (Å²) in [5.41, 5.74) is 0. The Morgan fingerprint density at radius 3 is 1.89 bits per heavy atom. The molecule has 0 aromatic heterocycles. The van der Waals surface area contributed by atoms with Crippen LogP contribution in [0, 0.1) is 0 Å². The number of alkyl halides is 1. The highest BCUT2D eigenvalue weighted by Gasteiger charge is 2.09. The number of nitrogens with one attached hydrogen (secondary N) is 1. The summed E-state index contributed by atoms with van der Waals surface area (Å²) in [5, 5.41) is 3.08. The number of hydrogen-bond acceptors (Lipinski definition) is 1. The summed E-state index contributed by atoms with van der Waals surface area (Å²) in [7, 11) is 0. The number of rotatable bonds is 0. The highest BCUT2D eigenvalue weighted by Crippen LogP contribution is 2.04. The first-order valence-corrected chi connectivity index (χ1v) is 3.74. The molecule has 0 aromatic rings. The SMILES string of the molecule is CC.FC1CCNCC1. The zero-order valence-corrected chi connectivity index (χ0v) is 6.28. The molecular weight excluding hydrogens is 117 g/mol. The summed E-state index contributed by atoms with van der Waals surface area (Å²) in [6.07, 6.45) is 0.890. The molecule has 0 bridgehead atoms. The fourth-order valence-electron chi connectivity index (χ4n) is 0.787. The molecule has 0 aromatic carbocycles. The van der Waals surface area contributed by atoms with Crippen LogP contribution in [0.5, 0.6) is 0 Å². The first-order chi connectivity index (χ1) is 4.39. The predicted octanol–water partition coefficient (Wildman–Crippen LogP) is 1.73. The van der Waals surface area contributed by atoms with Crippen molar-refractivity contribution in [1.82, 2.24) is 5.32 Å². The van der Waals surface area contributed by atoms with Crippen LogP contribution in [-0.2, 0) is 0 Å². The molecule has 1 rings (SSSR count). The second kappa shape index (κ2) is 6.02. The van der Waals surface area contributed by atoms with Crippen molar-refractivity contribution in [3.8, 4) is 0 Å². The van der Waals surface area contributed by atoms with Crippen molar-refractivity contribution < 1.29 is 4.39 Å². The van der Waals surface area contributed by atoms with Gasteiger partial charge in [-0.2, -0.15) is 0 Å². The molecular formula is C7H16FN. The summed E-state index contributed by atoms with van der Waals surface area (Å²) in [5.74, 6) is 0. The van der Waals surface area contributed by atoms with E-state index < -0.39 is 6.17 Å². The molecule has 1 N–H and O–H groups in total. The molecule has 2 heteroatoms. The first-order valence-electron chi connectivity index (χ1n) is 3.74. The predicted molar refractivity (Wildman–Crippen MR) is 38.3 cm³/mol. The molecule has 56 valence electrons. The van der Waals surface area contributed by atoms with Crippen LogP contribution in [0.1, 0.15) is 26.7 Å². The summed E-state index contributed by atoms with van der Waals surface area (Å²) in [4.78, 5) is 0. The van der Waals surface area contributed by atoms with E-state index in [0.29, 0.717) is 12.8 Å². The maximum Gasteiger partial charge on any atom is 0.103 e. The van der Waals surface area contributed by atoms with E-state index in [1.54, 1.807) is 0 Å². The second-order valence-corrected chi connectivity index (χ2v) is 1.92. The molecule has 9 heavy (non-hydrogen) atoms. The maximum atomic E-state index is 12.1. The Hall–Kier alpha value is -0.110. The Morgan fingerprint density at radius 2 is 1.67 bits per heavy atom. The molecule has 1 fully saturated rings. The van der Waals surface area contributed by atoms with E-state index in [-0.39, 0.29) is 0 Å². The van der Waals surface area contributed by atoms with Crippen LogP contribution < -0.4 is 5.32 Å². The average Bonchev–Trinajstić information content (AvgIpc) is 1.94. The van der Waals surface area contributed by atoms with Gasteiger partial charge in [-0.3, -0.25) is 0 Å². The van der Waals surface area contributed by atoms with E-state index in [2.05, 4.69) is 5.32 Å². The number of hydrogen-bond donors (Lipinski definition) is 1. The summed E-state index contributed by atoms with van der Waals surface area (Å²) >= 11 is 0. The Morgan fingerprint density at radius 1 is 1.22 bits per heavy atom. The molecule has 0 atom stereocenters. The zero-order valence-electron chi connectivity index (χ0n) is 6.28. The van der Waals surface area contributed by atoms with Gasteiger partial charge in [-0.15, -0.1) is 0 Å². The van der Waals surface area contributed by atoms with E-state index in [1.807, 2.05) is 13.8 Å². The smallest absolute Gasteiger partial charge is 0.103 e. The van der Waals surface area contributed by atoms with Crippen LogP contribution in [0.4, 0.5) is 4.39 Å². The molecule has 0 spiro atoms. The van der Waals surface area contributed by atoms with Gasteiger partial charge in [0.2, 0.25) is 0 Å². The molecule has 1 aliphatic heterocycles. The van der Waals surface area contributed by atoms with Gasteiger partial charge in [-0.05, 0) is 25.9 Å². The normalized spacial score (nSPS) is 20.3. The number of piperidine rings is 1. The van der Waals surface area contributed by atoms with Crippen molar-refractivity contribution in [1.29, 1.82) is 0 Å². The van der Waals surface area contributed by atoms with E-state index in [0.717, 1.165) is 13.1 Å². The lowest BCUT2D eigenvalue weighted by Gasteiger charge is -2.14. The Labute approximate surface area is 56.6 Å². The lowest BCUT2D eigenvalue weighted by Crippen LogP contribution is -2.28. The van der Waals surface area contributed by atoms with Gasteiger partial charge >= 0.3 is 0 Å². The Balaban J connectivity index is 0.000000291. The van der Waals surface area contributed by atoms with Crippen LogP contribution in [0.15, 0.2) is 0 Å². The van der Waals surface area contributed by atoms with Crippen LogP contribution in [0.25, 0.3) is 0 Å². The van der Waals surface area contributed by atoms with Crippen molar-refractivity contribution in [2.24, 2.45) is 0 Å². The van der Waals surface area contributed by atoms with Gasteiger partial charge in [0.1, 0.15) is 6.17 Å². The van der Waals surface area contributed by atoms with Gasteiger partial charge in [-0.1, -0.05) is 13.8 Å². The molecule has 1 saturated heterocycles. The van der Waals surface area contributed by atoms with E-state index >= 15 is 0 Å². The monoisotopic (exact) mass is 133 g/mol. The summed E-state index contributed by atoms with van der Waals surface area (Å²) < 4.78 is 12.1. The molecule has 0 aliphatic carbocycles. The van der Waals surface area contributed by atoms with E-state index in [4.69, 9.17) is 0 Å². The van der Waals surface area contributed by atoms with E-state index in [1.165, 1.54) is 0 Å². The fraction of sp³-hybridized carbons (Fsp3) is 1.00. The van der Waals surface area contributed by atoms with Crippen LogP contribution in [0.2, 0.25) is 0 Å². The lowest BCUT2D eigenvalue weighted by atomic mass is 10.1. The molecule has 0 unspecified atom stereocenters. The Bertz CT molecular complexity index is 50.9. The minimum absolute atomic E-state index is 0.527. The Kier molecular flexibility index (Phi) is 5.94. The third-order valence-electron chi connectivity index (χ3n) is 1.27. The van der Waals surface area contributed by atoms with Gasteiger partial charge in [0, 0.05) is 0 Å². The highest BCUT2D eigenvalue weighted by atomic mass is 19.1. The highest BCUT2D eigenvalue weighted by molar-refractivity contribution is 4.65. The third-order valence-corrected chi connectivity index (χ3v) is 1.27. The molecule has 1 nitrogen and oxygen atoms in total. The van der Waals surface area contributed by atoms with Gasteiger partial charge in [-0.25, -0.2) is 4.39 Å². The van der Waals surface area contributed by atoms with Crippen molar-refractivity contribution >= 4 is 0 Å². The summed E-state index contributed by atoms with van der Waals surface area (Å²) in [6.45, 7) is 5.72. The standard InChI is InChI=1S/C5H10FN.C2H6/c6-5-1-3-7-4-2-5;1-2/h5,7H,1-4H2;1-2H3. The molecule has 1 aliphatic rings. The molecule has 0 amide bonds. The van der Waals surface area contributed by atoms with Crippen molar-refractivity contribution in [2.45, 2.75) is 32.9 Å². The molecule has 1 heterocycles. The van der Waals surface area contributed by atoms with E-state index in [9.17, 15) is 4.39 Å². The number of halogens is 1. The van der Waals surface area contributed by atoms with Crippen molar-refractivity contribution in [2.75, 3.05) is 13.1 Å². The van der Waals surface area contributed by atoms with Crippen LogP contribution >= 0.6 is 0 Å². The minimum atomic E-state index is -0.527. The largest absolute Gasteiger partial charge is 0.317 e. The maximum absolute atomic E-state index is 12.1. The van der Waals surface area contributed by atoms with Crippen LogP contribution in [-0.4, -0.2) is 19.3 Å². The summed E-state index contributed by atoms with van der Waals surface area (Å²) in [6, 6.07) is 0. The van der Waals surface area contributed by atoms with Gasteiger partial charge in [0.15, 0.2) is 0 Å². The average molecular weight is 133 g/mol. The van der Waals surface area contributed by atoms with Gasteiger partial charge in [0.25, 0.3) is 0 Å². The van der Waals surface area contributed by atoms with Crippen molar-refractivity contribution in [3.05, 3.63) is 0 Å². The fourth-order valence-corrected chi connectivity index (χ4v) is 0.787. The second-order valence-electron chi connectivity index (χ2n) is 1.92.